The Bertz CT molecular complexity index is 1740. The Morgan fingerprint density at radius 3 is 2.79 bits per heavy atom. The lowest BCUT2D eigenvalue weighted by atomic mass is 9.93. The molecule has 13 heteroatoms. The average Bonchev–Trinajstić information content (AvgIpc) is 3.91. The van der Waals surface area contributed by atoms with Gasteiger partial charge >= 0.3 is 0 Å². The minimum absolute atomic E-state index is 0.143. The lowest BCUT2D eigenvalue weighted by Crippen LogP contribution is -2.54. The van der Waals surface area contributed by atoms with Crippen molar-refractivity contribution in [2.24, 2.45) is 17.8 Å². The zero-order valence-corrected chi connectivity index (χ0v) is 27.6. The largest absolute Gasteiger partial charge is 0.493 e. The predicted molar refractivity (Wildman–Crippen MR) is 172 cm³/mol. The van der Waals surface area contributed by atoms with E-state index in [9.17, 15) is 22.8 Å². The predicted octanol–water partition coefficient (Wildman–Crippen LogP) is 3.02. The van der Waals surface area contributed by atoms with Gasteiger partial charge in [-0.05, 0) is 70.4 Å². The van der Waals surface area contributed by atoms with Crippen LogP contribution in [0.2, 0.25) is 0 Å². The van der Waals surface area contributed by atoms with Crippen LogP contribution in [0.1, 0.15) is 63.9 Å². The molecule has 3 heterocycles. The molecule has 2 N–H and O–H groups in total. The number of hydrogen-bond donors (Lipinski definition) is 2. The maximum absolute atomic E-state index is 14.1. The van der Waals surface area contributed by atoms with E-state index < -0.39 is 50.6 Å². The number of aromatic nitrogens is 1. The fraction of sp³-hybridized carbons (Fsp3) is 0.588. The van der Waals surface area contributed by atoms with Crippen molar-refractivity contribution >= 4 is 38.6 Å². The fourth-order valence-electron chi connectivity index (χ4n) is 7.31. The van der Waals surface area contributed by atoms with Gasteiger partial charge in [-0.2, -0.15) is 0 Å². The van der Waals surface area contributed by atoms with Crippen LogP contribution >= 0.6 is 0 Å². The standard InChI is InChI=1S/C34H42N4O8S/c1-3-44-29-18-28(23-11-12-27-24(13-15-45-27)30(23)35-29)46-21-16-25-26(17-21)32(40)38(2)14-7-5-4-6-8-20-19-34(20,36-31(25)39)33(41)37-47(42,43)22-9-10-22/h6,8,11-12,18,20-22,25-26H,3-5,7,9-10,13-17,19H2,1-2H3,(H,36,39)(H,37,41)/b8-6+. The van der Waals surface area contributed by atoms with E-state index >= 15 is 0 Å². The topological polar surface area (TPSA) is 153 Å². The second-order valence-corrected chi connectivity index (χ2v) is 15.4. The van der Waals surface area contributed by atoms with Crippen molar-refractivity contribution in [2.45, 2.75) is 81.6 Å². The molecule has 2 aromatic rings. The summed E-state index contributed by atoms with van der Waals surface area (Å²) < 4.78 is 45.8. The molecular formula is C34H42N4O8S. The first-order valence-electron chi connectivity index (χ1n) is 16.8. The Kier molecular flexibility index (Phi) is 8.30. The van der Waals surface area contributed by atoms with Crippen LogP contribution in [0, 0.1) is 17.8 Å². The molecule has 3 fully saturated rings. The molecule has 2 aliphatic heterocycles. The van der Waals surface area contributed by atoms with Crippen molar-refractivity contribution < 1.29 is 37.0 Å². The number of ether oxygens (including phenoxy) is 3. The van der Waals surface area contributed by atoms with Gasteiger partial charge in [0.05, 0.1) is 35.8 Å². The van der Waals surface area contributed by atoms with Gasteiger partial charge in [0, 0.05) is 42.9 Å². The molecule has 1 aromatic heterocycles. The van der Waals surface area contributed by atoms with Gasteiger partial charge in [0.1, 0.15) is 23.1 Å². The van der Waals surface area contributed by atoms with Gasteiger partial charge in [0.2, 0.25) is 27.7 Å². The number of nitrogens with zero attached hydrogens (tertiary/aromatic N) is 2. The lowest BCUT2D eigenvalue weighted by Gasteiger charge is -2.26. The number of sulfonamides is 1. The molecule has 1 aromatic carbocycles. The van der Waals surface area contributed by atoms with Crippen molar-refractivity contribution in [2.75, 3.05) is 26.8 Å². The van der Waals surface area contributed by atoms with Gasteiger partial charge in [0.15, 0.2) is 0 Å². The van der Waals surface area contributed by atoms with E-state index in [0.717, 1.165) is 47.9 Å². The molecule has 7 rings (SSSR count). The first kappa shape index (κ1) is 31.7. The lowest BCUT2D eigenvalue weighted by molar-refractivity contribution is -0.140. The summed E-state index contributed by atoms with van der Waals surface area (Å²) in [4.78, 5) is 47.9. The number of amides is 3. The number of nitrogens with one attached hydrogen (secondary N) is 2. The molecule has 0 radical (unpaired) electrons. The number of fused-ring (bicyclic) bond motifs is 5. The molecule has 0 saturated heterocycles. The molecule has 5 aliphatic rings. The number of pyridine rings is 1. The van der Waals surface area contributed by atoms with E-state index in [-0.39, 0.29) is 18.2 Å². The molecule has 3 aliphatic carbocycles. The number of rotatable bonds is 7. The summed E-state index contributed by atoms with van der Waals surface area (Å²) in [5.74, 6) is -1.32. The number of hydrogen-bond acceptors (Lipinski definition) is 9. The van der Waals surface area contributed by atoms with Gasteiger partial charge in [0.25, 0.3) is 5.91 Å². The minimum atomic E-state index is -3.81. The third-order valence-corrected chi connectivity index (χ3v) is 12.0. The third-order valence-electron chi connectivity index (χ3n) is 10.2. The van der Waals surface area contributed by atoms with Crippen LogP contribution < -0.4 is 24.2 Å². The van der Waals surface area contributed by atoms with Gasteiger partial charge in [-0.15, -0.1) is 0 Å². The van der Waals surface area contributed by atoms with Crippen LogP contribution in [-0.4, -0.2) is 79.7 Å². The zero-order valence-electron chi connectivity index (χ0n) is 26.8. The summed E-state index contributed by atoms with van der Waals surface area (Å²) in [5, 5.41) is 3.16. The van der Waals surface area contributed by atoms with Crippen LogP contribution in [-0.2, 0) is 30.8 Å². The molecule has 0 spiro atoms. The smallest absolute Gasteiger partial charge is 0.259 e. The molecule has 252 valence electrons. The van der Waals surface area contributed by atoms with Crippen LogP contribution in [0.4, 0.5) is 0 Å². The van der Waals surface area contributed by atoms with Crippen LogP contribution in [0.15, 0.2) is 30.4 Å². The summed E-state index contributed by atoms with van der Waals surface area (Å²) in [7, 11) is -2.05. The molecule has 12 nitrogen and oxygen atoms in total. The number of carbonyl (C=O) groups is 3. The number of benzene rings is 1. The Hall–Kier alpha value is -3.87. The summed E-state index contributed by atoms with van der Waals surface area (Å²) in [6, 6.07) is 5.57. The van der Waals surface area contributed by atoms with Crippen molar-refractivity contribution in [3.8, 4) is 17.4 Å². The Balaban J connectivity index is 1.18. The van der Waals surface area contributed by atoms with Gasteiger partial charge < -0.3 is 24.4 Å². The number of allylic oxidation sites excluding steroid dienone is 1. The maximum atomic E-state index is 14.1. The van der Waals surface area contributed by atoms with E-state index in [4.69, 9.17) is 19.2 Å². The highest BCUT2D eigenvalue weighted by molar-refractivity contribution is 7.91. The second-order valence-electron chi connectivity index (χ2n) is 13.5. The summed E-state index contributed by atoms with van der Waals surface area (Å²) in [6.45, 7) is 3.45. The minimum Gasteiger partial charge on any atom is -0.493 e. The molecule has 3 saturated carbocycles. The Morgan fingerprint density at radius 2 is 2.00 bits per heavy atom. The molecule has 3 amide bonds. The van der Waals surface area contributed by atoms with Crippen molar-refractivity contribution in [3.05, 3.63) is 35.9 Å². The summed E-state index contributed by atoms with van der Waals surface area (Å²) in [6.07, 6.45) is 8.41. The molecule has 47 heavy (non-hydrogen) atoms. The first-order valence-corrected chi connectivity index (χ1v) is 18.3. The monoisotopic (exact) mass is 666 g/mol. The highest BCUT2D eigenvalue weighted by atomic mass is 32.2. The third kappa shape index (κ3) is 6.14. The normalized spacial score (nSPS) is 29.9. The van der Waals surface area contributed by atoms with Crippen molar-refractivity contribution in [3.63, 3.8) is 0 Å². The van der Waals surface area contributed by atoms with E-state index in [2.05, 4.69) is 10.0 Å². The first-order chi connectivity index (χ1) is 22.6. The maximum Gasteiger partial charge on any atom is 0.259 e. The average molecular weight is 667 g/mol. The SMILES string of the molecule is CCOc1cc(OC2CC3C(=O)NC4(C(=O)NS(=O)(=O)C5CC5)CC4/C=C/CCCCN(C)C(=O)C3C2)c2ccc3c(c2n1)CCO3. The van der Waals surface area contributed by atoms with E-state index in [1.54, 1.807) is 18.0 Å². The van der Waals surface area contributed by atoms with Crippen LogP contribution in [0.5, 0.6) is 17.4 Å². The summed E-state index contributed by atoms with van der Waals surface area (Å²) >= 11 is 0. The summed E-state index contributed by atoms with van der Waals surface area (Å²) in [5.41, 5.74) is 0.354. The van der Waals surface area contributed by atoms with Crippen molar-refractivity contribution in [1.82, 2.24) is 19.9 Å². The Morgan fingerprint density at radius 1 is 1.19 bits per heavy atom. The van der Waals surface area contributed by atoms with Crippen LogP contribution in [0.25, 0.3) is 10.9 Å². The van der Waals surface area contributed by atoms with E-state index in [1.165, 1.54) is 0 Å². The molecule has 5 unspecified atom stereocenters. The fourth-order valence-corrected chi connectivity index (χ4v) is 8.67. The zero-order chi connectivity index (χ0) is 32.9. The van der Waals surface area contributed by atoms with Gasteiger partial charge in [-0.25, -0.2) is 13.4 Å². The number of carbonyl (C=O) groups excluding carboxylic acids is 3. The van der Waals surface area contributed by atoms with Crippen LogP contribution in [0.3, 0.4) is 0 Å². The van der Waals surface area contributed by atoms with E-state index in [0.29, 0.717) is 57.1 Å². The molecule has 5 atom stereocenters. The van der Waals surface area contributed by atoms with E-state index in [1.807, 2.05) is 31.2 Å². The molecular weight excluding hydrogens is 624 g/mol. The van der Waals surface area contributed by atoms with Gasteiger partial charge in [-0.1, -0.05) is 12.2 Å². The second kappa shape index (κ2) is 12.3. The highest BCUT2D eigenvalue weighted by Crippen LogP contribution is 2.47. The molecule has 0 bridgehead atoms. The Labute approximate surface area is 274 Å². The van der Waals surface area contributed by atoms with Gasteiger partial charge in [-0.3, -0.25) is 19.1 Å². The highest BCUT2D eigenvalue weighted by Gasteiger charge is 2.62. The quantitative estimate of drug-likeness (QED) is 0.425. The van der Waals surface area contributed by atoms with Crippen molar-refractivity contribution in [1.29, 1.82) is 0 Å².